The van der Waals surface area contributed by atoms with Crippen LogP contribution >= 0.6 is 0 Å². The molecule has 1 saturated carbocycles. The summed E-state index contributed by atoms with van der Waals surface area (Å²) in [6.07, 6.45) is 2.16. The number of rotatable bonds is 10. The summed E-state index contributed by atoms with van der Waals surface area (Å²) in [5.41, 5.74) is 3.38. The average Bonchev–Trinajstić information content (AvgIpc) is 3.33. The Hall–Kier alpha value is -2.67. The minimum Gasteiger partial charge on any atom is -0.378 e. The van der Waals surface area contributed by atoms with Gasteiger partial charge in [0.15, 0.2) is 5.69 Å². The summed E-state index contributed by atoms with van der Waals surface area (Å²) in [7, 11) is 0. The number of ether oxygens (including phenoxy) is 1. The Kier molecular flexibility index (Phi) is 8.67. The standard InChI is InChI=1S/C20H29F3N6O4/c21-20(22,23)17-16(28-7-9-33-10-8-28)11-24-19(25-17)27-26-18(31)15(12-29(32)13-30)6-5-14-3-1-2-4-14/h11,13-15,32H,1-10,12H2,(H,26,31)(H,24,25,27)/t15-/m1/s1. The van der Waals surface area contributed by atoms with Crippen molar-refractivity contribution in [2.45, 2.75) is 44.7 Å². The number of nitrogens with zero attached hydrogens (tertiary/aromatic N) is 4. The summed E-state index contributed by atoms with van der Waals surface area (Å²) in [6.45, 7) is 0.949. The number of aromatic nitrogens is 2. The number of carbonyl (C=O) groups is 2. The summed E-state index contributed by atoms with van der Waals surface area (Å²) < 4.78 is 46.0. The highest BCUT2D eigenvalue weighted by atomic mass is 19.4. The molecule has 33 heavy (non-hydrogen) atoms. The molecular weight excluding hydrogens is 445 g/mol. The summed E-state index contributed by atoms with van der Waals surface area (Å²) >= 11 is 0. The number of halogens is 3. The van der Waals surface area contributed by atoms with E-state index in [1.165, 1.54) is 4.90 Å². The summed E-state index contributed by atoms with van der Waals surface area (Å²) in [5, 5.41) is 9.92. The highest BCUT2D eigenvalue weighted by Crippen LogP contribution is 2.35. The fraction of sp³-hybridized carbons (Fsp3) is 0.700. The number of morpholine rings is 1. The number of nitrogens with one attached hydrogen (secondary N) is 2. The maximum Gasteiger partial charge on any atom is 0.435 e. The molecule has 2 amide bonds. The lowest BCUT2D eigenvalue weighted by molar-refractivity contribution is -0.154. The van der Waals surface area contributed by atoms with Crippen LogP contribution in [0.2, 0.25) is 0 Å². The molecule has 0 spiro atoms. The minimum atomic E-state index is -4.72. The first kappa shape index (κ1) is 25.0. The first-order chi connectivity index (χ1) is 15.8. The Balaban J connectivity index is 1.66. The van der Waals surface area contributed by atoms with E-state index >= 15 is 0 Å². The molecule has 1 atom stereocenters. The van der Waals surface area contributed by atoms with Gasteiger partial charge in [-0.25, -0.2) is 15.0 Å². The molecule has 1 saturated heterocycles. The van der Waals surface area contributed by atoms with Gasteiger partial charge >= 0.3 is 6.18 Å². The molecule has 0 bridgehead atoms. The van der Waals surface area contributed by atoms with Crippen molar-refractivity contribution in [3.8, 4) is 0 Å². The molecule has 2 aliphatic rings. The molecule has 3 N–H and O–H groups in total. The van der Waals surface area contributed by atoms with Crippen LogP contribution in [0.3, 0.4) is 0 Å². The highest BCUT2D eigenvalue weighted by Gasteiger charge is 2.38. The number of alkyl halides is 3. The highest BCUT2D eigenvalue weighted by molar-refractivity contribution is 5.80. The SMILES string of the molecule is O=CN(O)C[C@@H](CCC1CCCC1)C(=O)NNc1ncc(N2CCOCC2)c(C(F)(F)F)n1. The largest absolute Gasteiger partial charge is 0.435 e. The second kappa shape index (κ2) is 11.5. The van der Waals surface area contributed by atoms with Gasteiger partial charge in [-0.05, 0) is 18.8 Å². The lowest BCUT2D eigenvalue weighted by atomic mass is 9.94. The monoisotopic (exact) mass is 474 g/mol. The van der Waals surface area contributed by atoms with Gasteiger partial charge in [-0.15, -0.1) is 0 Å². The molecular formula is C20H29F3N6O4. The molecule has 10 nitrogen and oxygen atoms in total. The van der Waals surface area contributed by atoms with Gasteiger partial charge < -0.3 is 9.64 Å². The number of carbonyl (C=O) groups excluding carboxylic acids is 2. The zero-order chi connectivity index (χ0) is 23.8. The predicted octanol–water partition coefficient (Wildman–Crippen LogP) is 2.21. The maximum atomic E-state index is 13.6. The quantitative estimate of drug-likeness (QED) is 0.268. The Morgan fingerprint density at radius 3 is 2.67 bits per heavy atom. The van der Waals surface area contributed by atoms with Gasteiger partial charge in [0.1, 0.15) is 0 Å². The first-order valence-electron chi connectivity index (χ1n) is 11.0. The lowest BCUT2D eigenvalue weighted by Gasteiger charge is -2.30. The minimum absolute atomic E-state index is 0.154. The van der Waals surface area contributed by atoms with Gasteiger partial charge in [0.05, 0.1) is 37.6 Å². The van der Waals surface area contributed by atoms with E-state index in [0.717, 1.165) is 38.3 Å². The zero-order valence-electron chi connectivity index (χ0n) is 18.2. The van der Waals surface area contributed by atoms with Crippen molar-refractivity contribution in [1.29, 1.82) is 0 Å². The van der Waals surface area contributed by atoms with E-state index in [4.69, 9.17) is 4.74 Å². The van der Waals surface area contributed by atoms with E-state index in [1.54, 1.807) is 0 Å². The van der Waals surface area contributed by atoms with Crippen molar-refractivity contribution in [2.75, 3.05) is 43.2 Å². The van der Waals surface area contributed by atoms with Crippen molar-refractivity contribution in [3.05, 3.63) is 11.9 Å². The fourth-order valence-corrected chi connectivity index (χ4v) is 4.21. The number of amides is 2. The second-order valence-electron chi connectivity index (χ2n) is 8.29. The summed E-state index contributed by atoms with van der Waals surface area (Å²) in [4.78, 5) is 32.4. The van der Waals surface area contributed by atoms with Crippen LogP contribution in [0.25, 0.3) is 0 Å². The van der Waals surface area contributed by atoms with Crippen LogP contribution in [0.15, 0.2) is 6.20 Å². The van der Waals surface area contributed by atoms with E-state index in [9.17, 15) is 28.0 Å². The molecule has 1 aromatic rings. The first-order valence-corrected chi connectivity index (χ1v) is 11.0. The Morgan fingerprint density at radius 2 is 2.03 bits per heavy atom. The van der Waals surface area contributed by atoms with Crippen LogP contribution in [0.1, 0.15) is 44.2 Å². The van der Waals surface area contributed by atoms with Gasteiger partial charge in [-0.3, -0.25) is 25.6 Å². The van der Waals surface area contributed by atoms with Crippen molar-refractivity contribution in [3.63, 3.8) is 0 Å². The van der Waals surface area contributed by atoms with Crippen LogP contribution in [-0.4, -0.2) is 65.4 Å². The molecule has 1 aromatic heterocycles. The zero-order valence-corrected chi connectivity index (χ0v) is 18.2. The predicted molar refractivity (Wildman–Crippen MR) is 111 cm³/mol. The van der Waals surface area contributed by atoms with Crippen molar-refractivity contribution >= 4 is 24.0 Å². The smallest absolute Gasteiger partial charge is 0.378 e. The van der Waals surface area contributed by atoms with E-state index in [2.05, 4.69) is 20.8 Å². The lowest BCUT2D eigenvalue weighted by Crippen LogP contribution is -2.41. The van der Waals surface area contributed by atoms with Gasteiger partial charge in [-0.1, -0.05) is 25.7 Å². The van der Waals surface area contributed by atoms with Crippen molar-refractivity contribution in [1.82, 2.24) is 20.5 Å². The number of hydroxylamine groups is 2. The van der Waals surface area contributed by atoms with E-state index in [-0.39, 0.29) is 31.7 Å². The fourth-order valence-electron chi connectivity index (χ4n) is 4.21. The van der Waals surface area contributed by atoms with Crippen molar-refractivity contribution in [2.24, 2.45) is 11.8 Å². The normalized spacial score (nSPS) is 18.1. The van der Waals surface area contributed by atoms with Crippen molar-refractivity contribution < 1.29 is 32.7 Å². The Bertz CT molecular complexity index is 800. The topological polar surface area (TPSA) is 120 Å². The molecule has 2 fully saturated rings. The maximum absolute atomic E-state index is 13.6. The number of hydrazine groups is 1. The molecule has 1 aliphatic heterocycles. The van der Waals surface area contributed by atoms with Gasteiger partial charge in [0.25, 0.3) is 0 Å². The molecule has 13 heteroatoms. The van der Waals surface area contributed by atoms with Gasteiger partial charge in [-0.2, -0.15) is 13.2 Å². The van der Waals surface area contributed by atoms with E-state index in [1.807, 2.05) is 0 Å². The second-order valence-corrected chi connectivity index (χ2v) is 8.29. The van der Waals surface area contributed by atoms with Crippen LogP contribution in [0.5, 0.6) is 0 Å². The number of hydrogen-bond acceptors (Lipinski definition) is 8. The molecule has 2 heterocycles. The van der Waals surface area contributed by atoms with E-state index in [0.29, 0.717) is 30.6 Å². The van der Waals surface area contributed by atoms with Crippen LogP contribution in [0.4, 0.5) is 24.8 Å². The number of anilines is 2. The molecule has 1 aliphatic carbocycles. The van der Waals surface area contributed by atoms with Gasteiger partial charge in [0.2, 0.25) is 18.3 Å². The Labute approximate surface area is 189 Å². The summed E-state index contributed by atoms with van der Waals surface area (Å²) in [5.74, 6) is -1.26. The van der Waals surface area contributed by atoms with E-state index < -0.39 is 29.6 Å². The molecule has 184 valence electrons. The third-order valence-electron chi connectivity index (χ3n) is 5.99. The van der Waals surface area contributed by atoms with Gasteiger partial charge in [0, 0.05) is 13.1 Å². The van der Waals surface area contributed by atoms with Crippen LogP contribution in [-0.2, 0) is 20.5 Å². The number of hydrogen-bond donors (Lipinski definition) is 3. The third-order valence-corrected chi connectivity index (χ3v) is 5.99. The molecule has 3 rings (SSSR count). The summed E-state index contributed by atoms with van der Waals surface area (Å²) in [6, 6.07) is 0. The average molecular weight is 474 g/mol. The molecule has 0 unspecified atom stereocenters. The molecule has 0 aromatic carbocycles. The Morgan fingerprint density at radius 1 is 1.33 bits per heavy atom. The van der Waals surface area contributed by atoms with Crippen LogP contribution < -0.4 is 15.8 Å². The van der Waals surface area contributed by atoms with Crippen LogP contribution in [0, 0.1) is 11.8 Å². The molecule has 0 radical (unpaired) electrons. The third kappa shape index (κ3) is 7.16.